The van der Waals surface area contributed by atoms with E-state index in [9.17, 15) is 0 Å². The van der Waals surface area contributed by atoms with Crippen molar-refractivity contribution in [1.29, 1.82) is 0 Å². The Labute approximate surface area is 144 Å². The molecule has 0 unspecified atom stereocenters. The van der Waals surface area contributed by atoms with Crippen LogP contribution >= 0.6 is 11.6 Å². The Morgan fingerprint density at radius 2 is 1.71 bits per heavy atom. The number of benzene rings is 2. The van der Waals surface area contributed by atoms with Crippen LogP contribution in [-0.4, -0.2) is 15.6 Å². The number of hydrogen-bond acceptors (Lipinski definition) is 4. The molecule has 0 aliphatic carbocycles. The largest absolute Gasteiger partial charge is 0.246 e. The van der Waals surface area contributed by atoms with Gasteiger partial charge in [-0.25, -0.2) is 20.0 Å². The van der Waals surface area contributed by atoms with Gasteiger partial charge in [-0.2, -0.15) is 5.10 Å². The summed E-state index contributed by atoms with van der Waals surface area (Å²) in [5, 5.41) is 5.03. The van der Waals surface area contributed by atoms with E-state index in [0.29, 0.717) is 11.0 Å². The summed E-state index contributed by atoms with van der Waals surface area (Å²) in [4.78, 5) is 10.2. The van der Waals surface area contributed by atoms with Crippen LogP contribution in [0.15, 0.2) is 65.7 Å². The second kappa shape index (κ2) is 6.11. The van der Waals surface area contributed by atoms with Gasteiger partial charge in [0.25, 0.3) is 0 Å². The lowest BCUT2D eigenvalue weighted by Crippen LogP contribution is -2.17. The summed E-state index contributed by atoms with van der Waals surface area (Å²) in [7, 11) is 0. The molecule has 0 radical (unpaired) electrons. The minimum Gasteiger partial charge on any atom is -0.246 e. The third-order valence-corrected chi connectivity index (χ3v) is 4.22. The van der Waals surface area contributed by atoms with Crippen LogP contribution in [0.25, 0.3) is 5.69 Å². The molecule has 2 aromatic carbocycles. The van der Waals surface area contributed by atoms with Gasteiger partial charge in [0.15, 0.2) is 5.84 Å². The monoisotopic (exact) mass is 338 g/mol. The maximum absolute atomic E-state index is 6.56. The van der Waals surface area contributed by atoms with Crippen LogP contribution in [0.3, 0.4) is 0 Å². The number of hydrogen-bond donors (Lipinski definition) is 1. The molecule has 24 heavy (non-hydrogen) atoms. The lowest BCUT2D eigenvalue weighted by molar-refractivity contribution is 0.0374. The van der Waals surface area contributed by atoms with Crippen LogP contribution in [0.4, 0.5) is 0 Å². The van der Waals surface area contributed by atoms with Crippen molar-refractivity contribution in [3.63, 3.8) is 0 Å². The van der Waals surface area contributed by atoms with Crippen molar-refractivity contribution in [3.05, 3.63) is 82.6 Å². The Kier molecular flexibility index (Phi) is 3.80. The smallest absolute Gasteiger partial charge is 0.207 e. The van der Waals surface area contributed by atoms with Crippen LogP contribution in [-0.2, 0) is 4.84 Å². The van der Waals surface area contributed by atoms with Gasteiger partial charge in [-0.1, -0.05) is 60.1 Å². The molecule has 6 heteroatoms. The fourth-order valence-corrected chi connectivity index (χ4v) is 3.03. The highest BCUT2D eigenvalue weighted by Crippen LogP contribution is 2.33. The number of hydroxylamine groups is 1. The Morgan fingerprint density at radius 1 is 1.04 bits per heavy atom. The third kappa shape index (κ3) is 2.58. The molecule has 0 saturated heterocycles. The number of halogens is 1. The van der Waals surface area contributed by atoms with E-state index in [1.54, 1.807) is 4.68 Å². The average Bonchev–Trinajstić information content (AvgIpc) is 3.21. The van der Waals surface area contributed by atoms with Crippen molar-refractivity contribution in [2.75, 3.05) is 0 Å². The van der Waals surface area contributed by atoms with Crippen LogP contribution in [0, 0.1) is 6.92 Å². The summed E-state index contributed by atoms with van der Waals surface area (Å²) < 4.78 is 1.70. The second-order valence-electron chi connectivity index (χ2n) is 5.45. The first kappa shape index (κ1) is 14.9. The highest BCUT2D eigenvalue weighted by Gasteiger charge is 2.28. The molecule has 5 nitrogen and oxygen atoms in total. The van der Waals surface area contributed by atoms with Gasteiger partial charge < -0.3 is 0 Å². The van der Waals surface area contributed by atoms with Crippen LogP contribution in [0.1, 0.15) is 23.0 Å². The fourth-order valence-electron chi connectivity index (χ4n) is 2.67. The highest BCUT2D eigenvalue weighted by molar-refractivity contribution is 6.30. The van der Waals surface area contributed by atoms with Gasteiger partial charge in [-0.05, 0) is 19.1 Å². The summed E-state index contributed by atoms with van der Waals surface area (Å²) >= 11 is 6.56. The molecule has 1 atom stereocenters. The third-order valence-electron chi connectivity index (χ3n) is 3.86. The van der Waals surface area contributed by atoms with E-state index in [1.807, 2.05) is 67.6 Å². The van der Waals surface area contributed by atoms with Gasteiger partial charge in [0.1, 0.15) is 5.15 Å². The van der Waals surface area contributed by atoms with Gasteiger partial charge in [0.2, 0.25) is 6.23 Å². The van der Waals surface area contributed by atoms with Crippen molar-refractivity contribution in [1.82, 2.24) is 15.3 Å². The molecule has 1 aromatic heterocycles. The van der Waals surface area contributed by atoms with Gasteiger partial charge in [-0.3, -0.25) is 0 Å². The molecule has 0 fully saturated rings. The van der Waals surface area contributed by atoms with Gasteiger partial charge >= 0.3 is 0 Å². The van der Waals surface area contributed by atoms with Crippen molar-refractivity contribution >= 4 is 17.4 Å². The molecule has 1 aliphatic rings. The molecule has 0 bridgehead atoms. The van der Waals surface area contributed by atoms with E-state index in [4.69, 9.17) is 16.4 Å². The standard InChI is InChI=1S/C18H15ClN4O/c1-12-15(16(19)23(21-12)14-10-6-3-7-11-14)18-20-17(22-24-18)13-8-4-2-5-9-13/h2-11,18H,1H3,(H,20,22)/t18-/m0/s1. The molecule has 1 N–H and O–H groups in total. The van der Waals surface area contributed by atoms with E-state index in [0.717, 1.165) is 22.5 Å². The summed E-state index contributed by atoms with van der Waals surface area (Å²) in [6.07, 6.45) is -0.523. The maximum Gasteiger partial charge on any atom is 0.207 e. The van der Waals surface area contributed by atoms with E-state index >= 15 is 0 Å². The first-order valence-electron chi connectivity index (χ1n) is 7.59. The number of para-hydroxylation sites is 1. The van der Waals surface area contributed by atoms with E-state index < -0.39 is 6.23 Å². The predicted octanol–water partition coefficient (Wildman–Crippen LogP) is 3.81. The molecule has 2 heterocycles. The Hall–Kier alpha value is -2.63. The molecular weight excluding hydrogens is 324 g/mol. The molecule has 0 amide bonds. The number of nitrogens with zero attached hydrogens (tertiary/aromatic N) is 3. The van der Waals surface area contributed by atoms with Crippen molar-refractivity contribution < 1.29 is 4.84 Å². The lowest BCUT2D eigenvalue weighted by atomic mass is 10.2. The number of nitrogens with one attached hydrogen (secondary N) is 1. The Balaban J connectivity index is 1.71. The minimum atomic E-state index is -0.523. The first-order chi connectivity index (χ1) is 11.7. The molecule has 120 valence electrons. The number of rotatable bonds is 3. The predicted molar refractivity (Wildman–Crippen MR) is 93.3 cm³/mol. The lowest BCUT2D eigenvalue weighted by Gasteiger charge is -2.06. The molecule has 0 spiro atoms. The zero-order valence-electron chi connectivity index (χ0n) is 13.0. The number of aryl methyl sites for hydroxylation is 1. The molecule has 1 aliphatic heterocycles. The van der Waals surface area contributed by atoms with Crippen LogP contribution in [0.2, 0.25) is 5.15 Å². The number of aromatic nitrogens is 2. The maximum atomic E-state index is 6.56. The van der Waals surface area contributed by atoms with Crippen LogP contribution in [0.5, 0.6) is 0 Å². The van der Waals surface area contributed by atoms with Gasteiger partial charge in [0.05, 0.1) is 16.9 Å². The van der Waals surface area contributed by atoms with Gasteiger partial charge in [-0.15, -0.1) is 0 Å². The number of aliphatic imine (C=N–C) groups is 1. The molecular formula is C18H15ClN4O. The zero-order chi connectivity index (χ0) is 16.5. The summed E-state index contributed by atoms with van der Waals surface area (Å²) in [5.41, 5.74) is 6.29. The average molecular weight is 339 g/mol. The Bertz CT molecular complexity index is 890. The van der Waals surface area contributed by atoms with E-state index in [2.05, 4.69) is 15.6 Å². The molecule has 0 saturated carbocycles. The number of amidine groups is 1. The fraction of sp³-hybridized carbons (Fsp3) is 0.111. The molecule has 3 aromatic rings. The highest BCUT2D eigenvalue weighted by atomic mass is 35.5. The van der Waals surface area contributed by atoms with Crippen molar-refractivity contribution in [3.8, 4) is 5.69 Å². The van der Waals surface area contributed by atoms with Crippen molar-refractivity contribution in [2.24, 2.45) is 4.99 Å². The quantitative estimate of drug-likeness (QED) is 0.790. The van der Waals surface area contributed by atoms with E-state index in [-0.39, 0.29) is 0 Å². The summed E-state index contributed by atoms with van der Waals surface area (Å²) in [5.74, 6) is 0.684. The van der Waals surface area contributed by atoms with E-state index in [1.165, 1.54) is 0 Å². The zero-order valence-corrected chi connectivity index (χ0v) is 13.7. The molecule has 4 rings (SSSR count). The normalized spacial score (nSPS) is 16.8. The van der Waals surface area contributed by atoms with Crippen molar-refractivity contribution in [2.45, 2.75) is 13.2 Å². The topological polar surface area (TPSA) is 51.4 Å². The summed E-state index contributed by atoms with van der Waals surface area (Å²) in [6.45, 7) is 1.90. The Morgan fingerprint density at radius 3 is 2.42 bits per heavy atom. The van der Waals surface area contributed by atoms with Crippen LogP contribution < -0.4 is 5.48 Å². The SMILES string of the molecule is Cc1nn(-c2ccccc2)c(Cl)c1[C@H]1N=C(c2ccccc2)NO1. The summed E-state index contributed by atoms with van der Waals surface area (Å²) in [6, 6.07) is 19.6. The van der Waals surface area contributed by atoms with Gasteiger partial charge in [0, 0.05) is 5.56 Å². The minimum absolute atomic E-state index is 0.503. The second-order valence-corrected chi connectivity index (χ2v) is 5.81. The first-order valence-corrected chi connectivity index (χ1v) is 7.97.